The van der Waals surface area contributed by atoms with E-state index in [-0.39, 0.29) is 35.5 Å². The Bertz CT molecular complexity index is 471. The molecule has 0 aromatic heterocycles. The van der Waals surface area contributed by atoms with E-state index in [1.165, 1.54) is 25.7 Å². The fourth-order valence-corrected chi connectivity index (χ4v) is 3.68. The van der Waals surface area contributed by atoms with Crippen LogP contribution in [-0.4, -0.2) is 73.5 Å². The third kappa shape index (κ3) is 21.1. The zero-order valence-corrected chi connectivity index (χ0v) is 21.4. The van der Waals surface area contributed by atoms with E-state index < -0.39 is 16.5 Å². The van der Waals surface area contributed by atoms with E-state index in [2.05, 4.69) is 6.92 Å². The maximum atomic E-state index is 11.5. The molecule has 0 fully saturated rings. The van der Waals surface area contributed by atoms with Gasteiger partial charge in [0.25, 0.3) is 0 Å². The van der Waals surface area contributed by atoms with Gasteiger partial charge in [0.1, 0.15) is 0 Å². The Morgan fingerprint density at radius 3 is 1.71 bits per heavy atom. The molecule has 0 aromatic rings. The summed E-state index contributed by atoms with van der Waals surface area (Å²) in [4.78, 5) is 13.1. The first-order valence-electron chi connectivity index (χ1n) is 10.6. The van der Waals surface area contributed by atoms with Crippen LogP contribution in [0.4, 0.5) is 0 Å². The summed E-state index contributed by atoms with van der Waals surface area (Å²) in [7, 11) is -0.828. The number of unbranched alkanes of at least 4 members (excludes halogenated alkanes) is 10. The molecule has 1 atom stereocenters. The molecular formula is C20H41NNaO5S. The van der Waals surface area contributed by atoms with Crippen molar-refractivity contribution < 1.29 is 21.9 Å². The maximum absolute atomic E-state index is 11.5. The van der Waals surface area contributed by atoms with Gasteiger partial charge in [0.05, 0.1) is 6.10 Å². The van der Waals surface area contributed by atoms with Crippen molar-refractivity contribution in [1.82, 2.24) is 4.90 Å². The molecule has 0 rings (SSSR count). The molecule has 163 valence electrons. The molecule has 0 aliphatic carbocycles. The van der Waals surface area contributed by atoms with Crippen molar-refractivity contribution >= 4 is 45.9 Å². The first kappa shape index (κ1) is 30.5. The van der Waals surface area contributed by atoms with Gasteiger partial charge in [-0.2, -0.15) is 8.42 Å². The predicted molar refractivity (Wildman–Crippen MR) is 116 cm³/mol. The Morgan fingerprint density at radius 1 is 0.857 bits per heavy atom. The van der Waals surface area contributed by atoms with Crippen molar-refractivity contribution in [2.45, 2.75) is 109 Å². The van der Waals surface area contributed by atoms with E-state index in [4.69, 9.17) is 8.74 Å². The summed E-state index contributed by atoms with van der Waals surface area (Å²) in [5.41, 5.74) is 0. The summed E-state index contributed by atoms with van der Waals surface area (Å²) in [5, 5.41) is 0. The van der Waals surface area contributed by atoms with Crippen molar-refractivity contribution in [3.05, 3.63) is 0 Å². The number of nitrogens with zero attached hydrogens (tertiary/aromatic N) is 1. The van der Waals surface area contributed by atoms with E-state index in [1.807, 2.05) is 0 Å². The largest absolute Gasteiger partial charge is 0.397 e. The normalized spacial score (nSPS) is 12.4. The minimum Gasteiger partial charge on any atom is -0.349 e. The quantitative estimate of drug-likeness (QED) is 0.193. The van der Waals surface area contributed by atoms with E-state index in [0.29, 0.717) is 19.3 Å². The van der Waals surface area contributed by atoms with Gasteiger partial charge in [-0.05, 0) is 19.3 Å². The molecule has 0 saturated carbocycles. The summed E-state index contributed by atoms with van der Waals surface area (Å²) in [6.45, 7) is 2.18. The molecule has 0 aliphatic heterocycles. The second-order valence-corrected chi connectivity index (χ2v) is 8.70. The molecule has 1 amide bonds. The van der Waals surface area contributed by atoms with Crippen LogP contribution in [0.15, 0.2) is 0 Å². The molecule has 0 aliphatic rings. The van der Waals surface area contributed by atoms with Crippen LogP contribution in [0.1, 0.15) is 103 Å². The van der Waals surface area contributed by atoms with Crippen LogP contribution in [0, 0.1) is 0 Å². The monoisotopic (exact) mass is 430 g/mol. The third-order valence-electron chi connectivity index (χ3n) is 4.80. The number of carbonyl (C=O) groups excluding carboxylic acids is 1. The number of hydrogen-bond acceptors (Lipinski definition) is 4. The summed E-state index contributed by atoms with van der Waals surface area (Å²) >= 11 is 0. The smallest absolute Gasteiger partial charge is 0.349 e. The Labute approximate surface area is 195 Å². The van der Waals surface area contributed by atoms with Crippen molar-refractivity contribution in [2.24, 2.45) is 0 Å². The fraction of sp³-hybridized carbons (Fsp3) is 0.950. The van der Waals surface area contributed by atoms with E-state index in [9.17, 15) is 13.2 Å². The molecule has 0 spiro atoms. The van der Waals surface area contributed by atoms with Gasteiger partial charge in [-0.25, -0.2) is 4.18 Å². The van der Waals surface area contributed by atoms with Gasteiger partial charge in [0.2, 0.25) is 5.91 Å². The van der Waals surface area contributed by atoms with E-state index >= 15 is 0 Å². The standard InChI is InChI=1S/C20H41NO5S.Na/c1-4-5-6-7-10-13-16-19(26-27(23,24)25)17-14-11-8-9-12-15-18-20(22)21(2)3;/h19H,4-18H2,1-3H3,(H,23,24,25);. The molecule has 0 aromatic carbocycles. The molecule has 0 bridgehead atoms. The summed E-state index contributed by atoms with van der Waals surface area (Å²) in [5.74, 6) is 0.176. The first-order valence-corrected chi connectivity index (χ1v) is 12.0. The van der Waals surface area contributed by atoms with Crippen LogP contribution in [-0.2, 0) is 19.4 Å². The zero-order chi connectivity index (χ0) is 20.5. The van der Waals surface area contributed by atoms with Crippen LogP contribution < -0.4 is 0 Å². The van der Waals surface area contributed by atoms with Crippen LogP contribution in [0.5, 0.6) is 0 Å². The van der Waals surface area contributed by atoms with Gasteiger partial charge in [-0.1, -0.05) is 77.6 Å². The third-order valence-corrected chi connectivity index (χ3v) is 5.32. The van der Waals surface area contributed by atoms with Gasteiger partial charge in [-0.3, -0.25) is 9.35 Å². The van der Waals surface area contributed by atoms with Crippen LogP contribution in [0.25, 0.3) is 0 Å². The van der Waals surface area contributed by atoms with Crippen molar-refractivity contribution in [3.8, 4) is 0 Å². The SMILES string of the molecule is CCCCCCCCC(CCCCCCCCC(=O)N(C)C)OS(=O)(=O)O.[Na]. The van der Waals surface area contributed by atoms with Gasteiger partial charge in [-0.15, -0.1) is 0 Å². The molecule has 0 heterocycles. The van der Waals surface area contributed by atoms with Crippen LogP contribution in [0.2, 0.25) is 0 Å². The second-order valence-electron chi connectivity index (χ2n) is 7.65. The zero-order valence-electron chi connectivity index (χ0n) is 18.6. The second kappa shape index (κ2) is 19.3. The topological polar surface area (TPSA) is 83.9 Å². The average molecular weight is 431 g/mol. The summed E-state index contributed by atoms with van der Waals surface area (Å²) in [6.07, 6.45) is 14.4. The molecule has 0 saturated heterocycles. The van der Waals surface area contributed by atoms with Gasteiger partial charge >= 0.3 is 10.4 Å². The maximum Gasteiger partial charge on any atom is 0.397 e. The Hall–Kier alpha value is 0.340. The molecule has 28 heavy (non-hydrogen) atoms. The molecule has 6 nitrogen and oxygen atoms in total. The van der Waals surface area contributed by atoms with Gasteiger partial charge < -0.3 is 4.90 Å². The fourth-order valence-electron chi connectivity index (χ4n) is 3.14. The Kier molecular flexibility index (Phi) is 21.1. The number of hydrogen-bond donors (Lipinski definition) is 1. The molecule has 8 heteroatoms. The number of carbonyl (C=O) groups is 1. The van der Waals surface area contributed by atoms with Crippen LogP contribution in [0.3, 0.4) is 0 Å². The average Bonchev–Trinajstić information content (AvgIpc) is 2.58. The molecule has 1 N–H and O–H groups in total. The van der Waals surface area contributed by atoms with Gasteiger partial charge in [0.15, 0.2) is 0 Å². The Balaban J connectivity index is 0. The van der Waals surface area contributed by atoms with Crippen LogP contribution >= 0.6 is 0 Å². The van der Waals surface area contributed by atoms with E-state index in [0.717, 1.165) is 51.4 Å². The predicted octanol–water partition coefficient (Wildman–Crippen LogP) is 4.75. The molecular weight excluding hydrogens is 389 g/mol. The minimum atomic E-state index is -4.38. The molecule has 1 unspecified atom stereocenters. The first-order chi connectivity index (χ1) is 12.8. The van der Waals surface area contributed by atoms with Gasteiger partial charge in [0, 0.05) is 50.1 Å². The molecule has 1 radical (unpaired) electrons. The summed E-state index contributed by atoms with van der Waals surface area (Å²) in [6, 6.07) is 0. The van der Waals surface area contributed by atoms with Crippen molar-refractivity contribution in [1.29, 1.82) is 0 Å². The van der Waals surface area contributed by atoms with E-state index in [1.54, 1.807) is 19.0 Å². The minimum absolute atomic E-state index is 0. The van der Waals surface area contributed by atoms with Crippen molar-refractivity contribution in [2.75, 3.05) is 14.1 Å². The van der Waals surface area contributed by atoms with Crippen molar-refractivity contribution in [3.63, 3.8) is 0 Å². The Morgan fingerprint density at radius 2 is 1.29 bits per heavy atom. The summed E-state index contributed by atoms with van der Waals surface area (Å²) < 4.78 is 35.9. The number of amides is 1. The number of rotatable bonds is 18.